The molecule has 0 fully saturated rings. The number of nitrogens with one attached hydrogen (secondary N) is 1. The second-order valence-corrected chi connectivity index (χ2v) is 12.1. The number of aromatic nitrogens is 2. The molecule has 0 aliphatic carbocycles. The van der Waals surface area contributed by atoms with Crippen LogP contribution in [0.4, 0.5) is 5.69 Å². The van der Waals surface area contributed by atoms with Crippen LogP contribution in [0, 0.1) is 0 Å². The van der Waals surface area contributed by atoms with Crippen LogP contribution in [0.1, 0.15) is 27.8 Å². The Kier molecular flexibility index (Phi) is 10.2. The molecule has 0 saturated heterocycles. The van der Waals surface area contributed by atoms with Gasteiger partial charge in [-0.25, -0.2) is 0 Å². The third-order valence-electron chi connectivity index (χ3n) is 8.90. The lowest BCUT2D eigenvalue weighted by Crippen LogP contribution is -2.58. The molecule has 1 amide bonds. The SMILES string of the molecule is COc1cc2c(cc1OC)CN(CCc1ccc(NC(=O)Cn3c(=O)/c(=C/c4ccccc4)n(C)c(=O)/c3=C/c3ccccc3)cc1)CC2. The van der Waals surface area contributed by atoms with Gasteiger partial charge in [0.25, 0.3) is 11.1 Å². The summed E-state index contributed by atoms with van der Waals surface area (Å²) in [5.41, 5.74) is 5.03. The van der Waals surface area contributed by atoms with Crippen molar-refractivity contribution in [3.63, 3.8) is 0 Å². The molecule has 1 aromatic heterocycles. The van der Waals surface area contributed by atoms with E-state index < -0.39 is 11.5 Å². The molecule has 5 aromatic rings. The summed E-state index contributed by atoms with van der Waals surface area (Å²) < 4.78 is 13.6. The zero-order valence-corrected chi connectivity index (χ0v) is 28.0. The van der Waals surface area contributed by atoms with Gasteiger partial charge >= 0.3 is 0 Å². The van der Waals surface area contributed by atoms with Gasteiger partial charge in [-0.1, -0.05) is 72.8 Å². The molecular weight excluding hydrogens is 616 g/mol. The molecule has 1 N–H and O–H groups in total. The van der Waals surface area contributed by atoms with Crippen molar-refractivity contribution in [1.29, 1.82) is 0 Å². The van der Waals surface area contributed by atoms with Gasteiger partial charge in [0, 0.05) is 32.4 Å². The van der Waals surface area contributed by atoms with E-state index in [-0.39, 0.29) is 22.8 Å². The number of fused-ring (bicyclic) bond motifs is 1. The first kappa shape index (κ1) is 33.2. The summed E-state index contributed by atoms with van der Waals surface area (Å²) in [5.74, 6) is 1.10. The zero-order chi connectivity index (χ0) is 34.3. The van der Waals surface area contributed by atoms with E-state index in [9.17, 15) is 14.4 Å². The number of benzene rings is 4. The molecule has 0 radical (unpaired) electrons. The maximum Gasteiger partial charge on any atom is 0.275 e. The quantitative estimate of drug-likeness (QED) is 0.248. The Morgan fingerprint density at radius 3 is 1.98 bits per heavy atom. The Bertz CT molecular complexity index is 2190. The highest BCUT2D eigenvalue weighted by atomic mass is 16.5. The minimum Gasteiger partial charge on any atom is -0.493 e. The molecule has 1 aliphatic rings. The van der Waals surface area contributed by atoms with E-state index in [0.29, 0.717) is 5.69 Å². The molecule has 9 heteroatoms. The van der Waals surface area contributed by atoms with Crippen molar-refractivity contribution in [2.24, 2.45) is 7.05 Å². The van der Waals surface area contributed by atoms with Crippen LogP contribution >= 0.6 is 0 Å². The summed E-state index contributed by atoms with van der Waals surface area (Å²) in [6.07, 6.45) is 5.12. The van der Waals surface area contributed by atoms with Gasteiger partial charge in [-0.15, -0.1) is 0 Å². The summed E-state index contributed by atoms with van der Waals surface area (Å²) in [5, 5.41) is 3.23. The number of hydrogen-bond donors (Lipinski definition) is 1. The monoisotopic (exact) mass is 656 g/mol. The number of carbonyl (C=O) groups excluding carboxylic acids is 1. The van der Waals surface area contributed by atoms with Gasteiger partial charge in [0.15, 0.2) is 11.5 Å². The van der Waals surface area contributed by atoms with Crippen LogP contribution in [-0.2, 0) is 37.8 Å². The highest BCUT2D eigenvalue weighted by Crippen LogP contribution is 2.33. The topological polar surface area (TPSA) is 94.8 Å². The third kappa shape index (κ3) is 7.74. The Labute approximate surface area is 285 Å². The van der Waals surface area contributed by atoms with Crippen molar-refractivity contribution >= 4 is 23.7 Å². The largest absolute Gasteiger partial charge is 0.493 e. The summed E-state index contributed by atoms with van der Waals surface area (Å²) in [4.78, 5) is 43.3. The number of hydrogen-bond acceptors (Lipinski definition) is 6. The first-order valence-corrected chi connectivity index (χ1v) is 16.3. The van der Waals surface area contributed by atoms with E-state index in [1.54, 1.807) is 33.4 Å². The highest BCUT2D eigenvalue weighted by Gasteiger charge is 2.19. The maximum absolute atomic E-state index is 13.9. The number of nitrogens with zero attached hydrogens (tertiary/aromatic N) is 3. The Morgan fingerprint density at radius 1 is 0.776 bits per heavy atom. The molecule has 250 valence electrons. The minimum absolute atomic E-state index is 0.132. The van der Waals surface area contributed by atoms with Gasteiger partial charge in [-0.05, 0) is 77.1 Å². The normalized spacial score (nSPS) is 13.6. The predicted octanol–water partition coefficient (Wildman–Crippen LogP) is 3.46. The second kappa shape index (κ2) is 15.0. The van der Waals surface area contributed by atoms with Crippen LogP contribution in [0.5, 0.6) is 11.5 Å². The first-order chi connectivity index (χ1) is 23.8. The average molecular weight is 657 g/mol. The van der Waals surface area contributed by atoms with Crippen molar-refractivity contribution < 1.29 is 14.3 Å². The second-order valence-electron chi connectivity index (χ2n) is 12.1. The lowest BCUT2D eigenvalue weighted by molar-refractivity contribution is -0.116. The van der Waals surface area contributed by atoms with Gasteiger partial charge in [0.1, 0.15) is 17.2 Å². The van der Waals surface area contributed by atoms with E-state index in [1.165, 1.54) is 20.3 Å². The van der Waals surface area contributed by atoms with Crippen LogP contribution in [0.25, 0.3) is 12.2 Å². The number of methoxy groups -OCH3 is 2. The zero-order valence-electron chi connectivity index (χ0n) is 28.0. The number of anilines is 1. The molecule has 0 bridgehead atoms. The van der Waals surface area contributed by atoms with E-state index in [4.69, 9.17) is 9.47 Å². The Balaban J connectivity index is 1.17. The highest BCUT2D eigenvalue weighted by molar-refractivity contribution is 5.90. The number of carbonyl (C=O) groups is 1. The lowest BCUT2D eigenvalue weighted by atomic mass is 9.98. The van der Waals surface area contributed by atoms with Gasteiger partial charge in [0.05, 0.1) is 14.2 Å². The number of amides is 1. The molecule has 2 heterocycles. The Hall–Kier alpha value is -5.67. The fraction of sp³-hybridized carbons (Fsp3) is 0.225. The van der Waals surface area contributed by atoms with Crippen LogP contribution < -0.4 is 36.6 Å². The van der Waals surface area contributed by atoms with Crippen molar-refractivity contribution in [2.45, 2.75) is 25.9 Å². The van der Waals surface area contributed by atoms with Crippen molar-refractivity contribution in [3.05, 3.63) is 156 Å². The smallest absolute Gasteiger partial charge is 0.275 e. The maximum atomic E-state index is 13.9. The molecule has 9 nitrogen and oxygen atoms in total. The molecule has 6 rings (SSSR count). The van der Waals surface area contributed by atoms with Crippen LogP contribution in [0.15, 0.2) is 107 Å². The molecular formula is C40H40N4O5. The van der Waals surface area contributed by atoms with E-state index in [1.807, 2.05) is 84.9 Å². The molecule has 0 unspecified atom stereocenters. The molecule has 4 aromatic carbocycles. The molecule has 49 heavy (non-hydrogen) atoms. The van der Waals surface area contributed by atoms with E-state index >= 15 is 0 Å². The standard InChI is InChI=1S/C40H40N4O5/c1-42-34(22-29-10-6-4-7-11-29)40(47)44(35(39(42)46)23-30-12-8-5-9-13-30)27-38(45)41-33-16-14-28(15-17-33)18-20-43-21-19-31-24-36(48-2)37(49-3)25-32(31)26-43/h4-17,22-25H,18-21,26-27H2,1-3H3,(H,41,45)/b34-22-,35-23-. The molecule has 0 spiro atoms. The van der Waals surface area contributed by atoms with Gasteiger partial charge < -0.3 is 19.4 Å². The summed E-state index contributed by atoms with van der Waals surface area (Å²) in [6.45, 7) is 2.39. The van der Waals surface area contributed by atoms with E-state index in [0.717, 1.165) is 60.7 Å². The summed E-state index contributed by atoms with van der Waals surface area (Å²) >= 11 is 0. The summed E-state index contributed by atoms with van der Waals surface area (Å²) in [7, 11) is 4.89. The molecule has 0 atom stereocenters. The Morgan fingerprint density at radius 2 is 1.37 bits per heavy atom. The predicted molar refractivity (Wildman–Crippen MR) is 193 cm³/mol. The molecule has 1 aliphatic heterocycles. The number of ether oxygens (including phenoxy) is 2. The van der Waals surface area contributed by atoms with Crippen LogP contribution in [0.2, 0.25) is 0 Å². The van der Waals surface area contributed by atoms with Crippen LogP contribution in [0.3, 0.4) is 0 Å². The summed E-state index contributed by atoms with van der Waals surface area (Å²) in [6, 6.07) is 30.5. The van der Waals surface area contributed by atoms with Crippen LogP contribution in [-0.4, -0.2) is 47.3 Å². The fourth-order valence-electron chi connectivity index (χ4n) is 6.18. The minimum atomic E-state index is -0.434. The van der Waals surface area contributed by atoms with Gasteiger partial charge in [-0.3, -0.25) is 23.9 Å². The lowest BCUT2D eigenvalue weighted by Gasteiger charge is -2.29. The van der Waals surface area contributed by atoms with Gasteiger partial charge in [-0.2, -0.15) is 0 Å². The molecule has 0 saturated carbocycles. The average Bonchev–Trinajstić information content (AvgIpc) is 3.13. The van der Waals surface area contributed by atoms with Crippen molar-refractivity contribution in [3.8, 4) is 11.5 Å². The fourth-order valence-corrected chi connectivity index (χ4v) is 6.18. The van der Waals surface area contributed by atoms with Gasteiger partial charge in [0.2, 0.25) is 5.91 Å². The third-order valence-corrected chi connectivity index (χ3v) is 8.90. The van der Waals surface area contributed by atoms with Crippen molar-refractivity contribution in [1.82, 2.24) is 14.0 Å². The number of rotatable bonds is 10. The first-order valence-electron chi connectivity index (χ1n) is 16.3. The van der Waals surface area contributed by atoms with Crippen molar-refractivity contribution in [2.75, 3.05) is 32.6 Å². The van der Waals surface area contributed by atoms with E-state index in [2.05, 4.69) is 22.3 Å².